The predicted molar refractivity (Wildman–Crippen MR) is 115 cm³/mol. The second-order valence-electron chi connectivity index (χ2n) is 7.42. The number of hydrogen-bond donors (Lipinski definition) is 1. The Hall–Kier alpha value is -2.34. The molecular formula is C22H30N2O3S. The summed E-state index contributed by atoms with van der Waals surface area (Å²) in [4.78, 5) is 13.2. The first-order valence-corrected chi connectivity index (χ1v) is 11.5. The first-order valence-electron chi connectivity index (χ1n) is 9.63. The van der Waals surface area contributed by atoms with Gasteiger partial charge in [0.05, 0.1) is 18.0 Å². The molecule has 0 radical (unpaired) electrons. The number of amides is 1. The molecule has 0 bridgehead atoms. The molecule has 2 aromatic rings. The molecule has 0 saturated heterocycles. The van der Waals surface area contributed by atoms with Gasteiger partial charge >= 0.3 is 0 Å². The van der Waals surface area contributed by atoms with Crippen LogP contribution >= 0.6 is 0 Å². The van der Waals surface area contributed by atoms with Crippen molar-refractivity contribution in [2.45, 2.75) is 45.7 Å². The molecule has 28 heavy (non-hydrogen) atoms. The summed E-state index contributed by atoms with van der Waals surface area (Å²) in [6.45, 7) is 6.03. The lowest BCUT2D eigenvalue weighted by Crippen LogP contribution is -2.50. The Morgan fingerprint density at radius 3 is 2.00 bits per heavy atom. The van der Waals surface area contributed by atoms with Crippen LogP contribution in [0.1, 0.15) is 45.2 Å². The molecule has 6 heteroatoms. The standard InChI is InChI=1S/C22H30N2O3S/c1-5-21(24(28(4,26)27)19-14-10-7-11-15-19)22(25)23-20(16-17(2)3)18-12-8-6-9-13-18/h6-15,17,20-21H,5,16H2,1-4H3,(H,23,25)/t20-,21+/m1/s1. The van der Waals surface area contributed by atoms with Gasteiger partial charge in [0, 0.05) is 0 Å². The van der Waals surface area contributed by atoms with Gasteiger partial charge in [-0.15, -0.1) is 0 Å². The van der Waals surface area contributed by atoms with Crippen molar-refractivity contribution in [2.24, 2.45) is 5.92 Å². The van der Waals surface area contributed by atoms with Crippen molar-refractivity contribution in [1.29, 1.82) is 0 Å². The Morgan fingerprint density at radius 2 is 1.54 bits per heavy atom. The fraction of sp³-hybridized carbons (Fsp3) is 0.409. The molecule has 0 aromatic heterocycles. The van der Waals surface area contributed by atoms with E-state index in [1.807, 2.05) is 43.3 Å². The van der Waals surface area contributed by atoms with Crippen LogP contribution in [0.4, 0.5) is 5.69 Å². The van der Waals surface area contributed by atoms with Crippen LogP contribution < -0.4 is 9.62 Å². The molecule has 2 rings (SSSR count). The van der Waals surface area contributed by atoms with Gasteiger partial charge in [-0.25, -0.2) is 8.42 Å². The minimum absolute atomic E-state index is 0.167. The molecule has 0 spiro atoms. The van der Waals surface area contributed by atoms with E-state index in [0.717, 1.165) is 18.2 Å². The van der Waals surface area contributed by atoms with Crippen LogP contribution in [-0.2, 0) is 14.8 Å². The second kappa shape index (κ2) is 9.73. The molecular weight excluding hydrogens is 372 g/mol. The monoisotopic (exact) mass is 402 g/mol. The van der Waals surface area contributed by atoms with Gasteiger partial charge in [0.25, 0.3) is 0 Å². The zero-order chi connectivity index (χ0) is 20.7. The van der Waals surface area contributed by atoms with Crippen molar-refractivity contribution in [3.63, 3.8) is 0 Å². The molecule has 0 aliphatic rings. The molecule has 1 N–H and O–H groups in total. The van der Waals surface area contributed by atoms with E-state index < -0.39 is 16.1 Å². The molecule has 0 aliphatic heterocycles. The van der Waals surface area contributed by atoms with Crippen LogP contribution in [0.3, 0.4) is 0 Å². The zero-order valence-corrected chi connectivity index (χ0v) is 17.8. The third-order valence-electron chi connectivity index (χ3n) is 4.57. The Morgan fingerprint density at radius 1 is 1.00 bits per heavy atom. The summed E-state index contributed by atoms with van der Waals surface area (Å²) in [7, 11) is -3.63. The quantitative estimate of drug-likeness (QED) is 0.686. The topological polar surface area (TPSA) is 66.5 Å². The lowest BCUT2D eigenvalue weighted by molar-refractivity contribution is -0.123. The van der Waals surface area contributed by atoms with Gasteiger partial charge in [0.1, 0.15) is 6.04 Å². The number of anilines is 1. The van der Waals surface area contributed by atoms with Gasteiger partial charge < -0.3 is 5.32 Å². The lowest BCUT2D eigenvalue weighted by Gasteiger charge is -2.32. The number of carbonyl (C=O) groups is 1. The van der Waals surface area contributed by atoms with E-state index in [1.165, 1.54) is 4.31 Å². The highest BCUT2D eigenvalue weighted by Gasteiger charge is 2.32. The van der Waals surface area contributed by atoms with Crippen LogP contribution in [0.15, 0.2) is 60.7 Å². The molecule has 2 aromatic carbocycles. The average Bonchev–Trinajstić information content (AvgIpc) is 2.65. The maximum absolute atomic E-state index is 13.2. The second-order valence-corrected chi connectivity index (χ2v) is 9.28. The summed E-state index contributed by atoms with van der Waals surface area (Å²) in [5.74, 6) is 0.0944. The minimum Gasteiger partial charge on any atom is -0.347 e. The highest BCUT2D eigenvalue weighted by molar-refractivity contribution is 7.92. The van der Waals surface area contributed by atoms with Crippen LogP contribution in [0, 0.1) is 5.92 Å². The Labute approximate surface area is 168 Å². The highest BCUT2D eigenvalue weighted by atomic mass is 32.2. The van der Waals surface area contributed by atoms with Crippen molar-refractivity contribution < 1.29 is 13.2 Å². The summed E-state index contributed by atoms with van der Waals surface area (Å²) in [5, 5.41) is 3.09. The van der Waals surface area contributed by atoms with Gasteiger partial charge in [-0.3, -0.25) is 9.10 Å². The molecule has 0 fully saturated rings. The van der Waals surface area contributed by atoms with Crippen LogP contribution in [0.2, 0.25) is 0 Å². The van der Waals surface area contributed by atoms with Gasteiger partial charge in [-0.05, 0) is 36.5 Å². The van der Waals surface area contributed by atoms with E-state index in [4.69, 9.17) is 0 Å². The molecule has 1 amide bonds. The van der Waals surface area contributed by atoms with Gasteiger partial charge in [-0.2, -0.15) is 0 Å². The molecule has 5 nitrogen and oxygen atoms in total. The van der Waals surface area contributed by atoms with Gasteiger partial charge in [0.15, 0.2) is 0 Å². The zero-order valence-electron chi connectivity index (χ0n) is 17.0. The maximum Gasteiger partial charge on any atom is 0.244 e. The van der Waals surface area contributed by atoms with Crippen molar-refractivity contribution in [1.82, 2.24) is 5.32 Å². The Balaban J connectivity index is 2.34. The van der Waals surface area contributed by atoms with Crippen LogP contribution in [0.25, 0.3) is 0 Å². The Kier molecular flexibility index (Phi) is 7.63. The molecule has 2 atom stereocenters. The summed E-state index contributed by atoms with van der Waals surface area (Å²) in [5.41, 5.74) is 1.51. The number of sulfonamides is 1. The fourth-order valence-corrected chi connectivity index (χ4v) is 4.55. The van der Waals surface area contributed by atoms with Crippen molar-refractivity contribution in [3.8, 4) is 0 Å². The third-order valence-corrected chi connectivity index (χ3v) is 5.75. The molecule has 0 saturated carbocycles. The summed E-state index contributed by atoms with van der Waals surface area (Å²) >= 11 is 0. The molecule has 0 unspecified atom stereocenters. The third kappa shape index (κ3) is 5.83. The maximum atomic E-state index is 13.2. The highest BCUT2D eigenvalue weighted by Crippen LogP contribution is 2.25. The normalized spacial score (nSPS) is 13.8. The van der Waals surface area contributed by atoms with Crippen molar-refractivity contribution >= 4 is 21.6 Å². The first kappa shape index (κ1) is 22.0. The van der Waals surface area contributed by atoms with Gasteiger partial charge in [-0.1, -0.05) is 69.3 Å². The first-order chi connectivity index (χ1) is 13.2. The van der Waals surface area contributed by atoms with E-state index >= 15 is 0 Å². The number of nitrogens with zero attached hydrogens (tertiary/aromatic N) is 1. The van der Waals surface area contributed by atoms with E-state index in [0.29, 0.717) is 18.0 Å². The van der Waals surface area contributed by atoms with Gasteiger partial charge in [0.2, 0.25) is 15.9 Å². The molecule has 0 aliphatic carbocycles. The molecule has 0 heterocycles. The lowest BCUT2D eigenvalue weighted by atomic mass is 9.96. The number of nitrogens with one attached hydrogen (secondary N) is 1. The van der Waals surface area contributed by atoms with Crippen LogP contribution in [-0.4, -0.2) is 26.6 Å². The van der Waals surface area contributed by atoms with Crippen molar-refractivity contribution in [2.75, 3.05) is 10.6 Å². The van der Waals surface area contributed by atoms with Crippen molar-refractivity contribution in [3.05, 3.63) is 66.2 Å². The summed E-state index contributed by atoms with van der Waals surface area (Å²) in [6.07, 6.45) is 2.28. The largest absolute Gasteiger partial charge is 0.347 e. The Bertz CT molecular complexity index is 852. The SMILES string of the molecule is CC[C@@H](C(=O)N[C@H](CC(C)C)c1ccccc1)N(c1ccccc1)S(C)(=O)=O. The smallest absolute Gasteiger partial charge is 0.244 e. The van der Waals surface area contributed by atoms with E-state index in [-0.39, 0.29) is 11.9 Å². The van der Waals surface area contributed by atoms with Crippen LogP contribution in [0.5, 0.6) is 0 Å². The summed E-state index contributed by atoms with van der Waals surface area (Å²) < 4.78 is 26.3. The number of para-hydroxylation sites is 1. The molecule has 152 valence electrons. The minimum atomic E-state index is -3.63. The number of hydrogen-bond acceptors (Lipinski definition) is 3. The number of rotatable bonds is 9. The van der Waals surface area contributed by atoms with E-state index in [9.17, 15) is 13.2 Å². The average molecular weight is 403 g/mol. The fourth-order valence-electron chi connectivity index (χ4n) is 3.34. The van der Waals surface area contributed by atoms with E-state index in [2.05, 4.69) is 19.2 Å². The van der Waals surface area contributed by atoms with E-state index in [1.54, 1.807) is 24.3 Å². The summed E-state index contributed by atoms with van der Waals surface area (Å²) in [6, 6.07) is 17.6. The predicted octanol–water partition coefficient (Wildman–Crippen LogP) is 4.13. The number of benzene rings is 2. The number of carbonyl (C=O) groups excluding carboxylic acids is 1.